The molecular weight excluding hydrogens is 477 g/mol. The van der Waals surface area contributed by atoms with E-state index < -0.39 is 17.3 Å². The lowest BCUT2D eigenvalue weighted by Crippen LogP contribution is -2.50. The Morgan fingerprint density at radius 2 is 1.71 bits per heavy atom. The standard InChI is InChI=1S/C27H34ClF3N2O2/c1-32-13-15-33(16-14-32)18-23(26(34)11-5-2-6-12-26)20-9-10-25(24(28)17-20)35-19-21-7-3-4-8-22(21)27(29,30)31/h3-4,7-10,17,23,34H,2,5-6,11-16,18-19H2,1H3. The number of ether oxygens (including phenoxy) is 1. The molecule has 35 heavy (non-hydrogen) atoms. The Morgan fingerprint density at radius 3 is 2.37 bits per heavy atom. The Hall–Kier alpha value is -1.80. The second-order valence-electron chi connectivity index (χ2n) is 9.95. The Kier molecular flexibility index (Phi) is 8.31. The molecule has 1 heterocycles. The minimum atomic E-state index is -4.44. The summed E-state index contributed by atoms with van der Waals surface area (Å²) in [7, 11) is 2.12. The number of benzene rings is 2. The smallest absolute Gasteiger partial charge is 0.416 e. The lowest BCUT2D eigenvalue weighted by Gasteiger charge is -2.43. The second-order valence-corrected chi connectivity index (χ2v) is 10.4. The fraction of sp³-hybridized carbons (Fsp3) is 0.556. The topological polar surface area (TPSA) is 35.9 Å². The number of alkyl halides is 3. The molecule has 4 nitrogen and oxygen atoms in total. The summed E-state index contributed by atoms with van der Waals surface area (Å²) in [4.78, 5) is 4.71. The summed E-state index contributed by atoms with van der Waals surface area (Å²) in [6, 6.07) is 10.8. The molecule has 8 heteroatoms. The number of rotatable bonds is 7. The fourth-order valence-corrected chi connectivity index (χ4v) is 5.56. The summed E-state index contributed by atoms with van der Waals surface area (Å²) < 4.78 is 45.6. The van der Waals surface area contributed by atoms with Gasteiger partial charge in [0.15, 0.2) is 0 Å². The van der Waals surface area contributed by atoms with E-state index in [2.05, 4.69) is 16.8 Å². The molecular formula is C27H34ClF3N2O2. The van der Waals surface area contributed by atoms with Crippen molar-refractivity contribution in [3.63, 3.8) is 0 Å². The second kappa shape index (κ2) is 11.1. The molecule has 1 aliphatic heterocycles. The average molecular weight is 511 g/mol. The van der Waals surface area contributed by atoms with E-state index in [1.165, 1.54) is 12.1 Å². The van der Waals surface area contributed by atoms with Crippen LogP contribution >= 0.6 is 11.6 Å². The van der Waals surface area contributed by atoms with Crippen LogP contribution in [0.2, 0.25) is 5.02 Å². The highest BCUT2D eigenvalue weighted by Crippen LogP contribution is 2.42. The zero-order chi connectivity index (χ0) is 25.1. The minimum Gasteiger partial charge on any atom is -0.487 e. The number of aliphatic hydroxyl groups is 1. The SMILES string of the molecule is CN1CCN(CC(c2ccc(OCc3ccccc3C(F)(F)F)c(Cl)c2)C2(O)CCCCC2)CC1. The number of piperazine rings is 1. The Bertz CT molecular complexity index is 987. The Balaban J connectivity index is 1.53. The van der Waals surface area contributed by atoms with Crippen LogP contribution in [0.15, 0.2) is 42.5 Å². The summed E-state index contributed by atoms with van der Waals surface area (Å²) in [5.41, 5.74) is -0.496. The number of hydrogen-bond acceptors (Lipinski definition) is 4. The van der Waals surface area contributed by atoms with Crippen LogP contribution in [-0.2, 0) is 12.8 Å². The van der Waals surface area contributed by atoms with Crippen molar-refractivity contribution in [1.29, 1.82) is 0 Å². The molecule has 0 aromatic heterocycles. The van der Waals surface area contributed by atoms with Crippen LogP contribution in [0.3, 0.4) is 0 Å². The largest absolute Gasteiger partial charge is 0.487 e. The average Bonchev–Trinajstić information content (AvgIpc) is 2.83. The van der Waals surface area contributed by atoms with Gasteiger partial charge >= 0.3 is 6.18 Å². The number of halogens is 4. The van der Waals surface area contributed by atoms with Crippen LogP contribution in [0.4, 0.5) is 13.2 Å². The van der Waals surface area contributed by atoms with Gasteiger partial charge in [0.25, 0.3) is 0 Å². The van der Waals surface area contributed by atoms with Crippen molar-refractivity contribution < 1.29 is 23.0 Å². The monoisotopic (exact) mass is 510 g/mol. The van der Waals surface area contributed by atoms with Crippen LogP contribution in [0, 0.1) is 0 Å². The van der Waals surface area contributed by atoms with E-state index in [1.807, 2.05) is 12.1 Å². The summed E-state index contributed by atoms with van der Waals surface area (Å²) >= 11 is 6.57. The van der Waals surface area contributed by atoms with E-state index >= 15 is 0 Å². The molecule has 1 aliphatic carbocycles. The highest BCUT2D eigenvalue weighted by molar-refractivity contribution is 6.32. The third-order valence-electron chi connectivity index (χ3n) is 7.47. The van der Waals surface area contributed by atoms with Crippen molar-refractivity contribution in [2.45, 2.75) is 56.4 Å². The summed E-state index contributed by atoms with van der Waals surface area (Å²) in [5, 5.41) is 12.0. The van der Waals surface area contributed by atoms with Crippen LogP contribution in [0.1, 0.15) is 54.7 Å². The van der Waals surface area contributed by atoms with Gasteiger partial charge in [-0.1, -0.05) is 55.1 Å². The zero-order valence-electron chi connectivity index (χ0n) is 20.2. The normalized spacial score (nSPS) is 20.5. The van der Waals surface area contributed by atoms with E-state index in [1.54, 1.807) is 12.1 Å². The van der Waals surface area contributed by atoms with Gasteiger partial charge in [0.2, 0.25) is 0 Å². The van der Waals surface area contributed by atoms with Crippen LogP contribution in [0.5, 0.6) is 5.75 Å². The summed E-state index contributed by atoms with van der Waals surface area (Å²) in [5.74, 6) is 0.241. The maximum Gasteiger partial charge on any atom is 0.416 e. The molecule has 2 fully saturated rings. The third kappa shape index (κ3) is 6.50. The fourth-order valence-electron chi connectivity index (χ4n) is 5.32. The molecule has 1 unspecified atom stereocenters. The molecule has 1 saturated heterocycles. The molecule has 4 rings (SSSR count). The van der Waals surface area contributed by atoms with Crippen molar-refractivity contribution in [2.75, 3.05) is 39.8 Å². The van der Waals surface area contributed by atoms with Gasteiger partial charge in [0, 0.05) is 44.2 Å². The van der Waals surface area contributed by atoms with Gasteiger partial charge in [0.1, 0.15) is 12.4 Å². The quantitative estimate of drug-likeness (QED) is 0.498. The first-order chi connectivity index (χ1) is 16.7. The molecule has 2 aliphatic rings. The molecule has 0 spiro atoms. The molecule has 0 bridgehead atoms. The molecule has 192 valence electrons. The van der Waals surface area contributed by atoms with Crippen molar-refractivity contribution >= 4 is 11.6 Å². The molecule has 1 N–H and O–H groups in total. The molecule has 0 amide bonds. The van der Waals surface area contributed by atoms with Crippen LogP contribution < -0.4 is 4.74 Å². The van der Waals surface area contributed by atoms with E-state index in [0.29, 0.717) is 10.8 Å². The van der Waals surface area contributed by atoms with E-state index in [-0.39, 0.29) is 18.1 Å². The van der Waals surface area contributed by atoms with Gasteiger partial charge < -0.3 is 19.6 Å². The molecule has 2 aromatic rings. The van der Waals surface area contributed by atoms with Crippen LogP contribution in [-0.4, -0.2) is 60.3 Å². The van der Waals surface area contributed by atoms with E-state index in [9.17, 15) is 18.3 Å². The highest BCUT2D eigenvalue weighted by Gasteiger charge is 2.40. The molecule has 2 aromatic carbocycles. The van der Waals surface area contributed by atoms with Gasteiger partial charge in [-0.2, -0.15) is 13.2 Å². The predicted molar refractivity (Wildman–Crippen MR) is 132 cm³/mol. The van der Waals surface area contributed by atoms with Crippen molar-refractivity contribution in [2.24, 2.45) is 0 Å². The molecule has 1 saturated carbocycles. The predicted octanol–water partition coefficient (Wildman–Crippen LogP) is 5.96. The molecule has 1 atom stereocenters. The van der Waals surface area contributed by atoms with E-state index in [4.69, 9.17) is 16.3 Å². The highest BCUT2D eigenvalue weighted by atomic mass is 35.5. The Morgan fingerprint density at radius 1 is 1.03 bits per heavy atom. The van der Waals surface area contributed by atoms with Gasteiger partial charge in [-0.25, -0.2) is 0 Å². The Labute approximate surface area is 210 Å². The summed E-state index contributed by atoms with van der Waals surface area (Å²) in [6.45, 7) is 4.42. The molecule has 0 radical (unpaired) electrons. The first-order valence-electron chi connectivity index (χ1n) is 12.4. The van der Waals surface area contributed by atoms with Gasteiger partial charge in [0.05, 0.1) is 16.2 Å². The minimum absolute atomic E-state index is 0.0598. The van der Waals surface area contributed by atoms with Crippen molar-refractivity contribution in [1.82, 2.24) is 9.80 Å². The maximum atomic E-state index is 13.3. The summed E-state index contributed by atoms with van der Waals surface area (Å²) in [6.07, 6.45) is 0.216. The number of nitrogens with zero attached hydrogens (tertiary/aromatic N) is 2. The lowest BCUT2D eigenvalue weighted by molar-refractivity contribution is -0.138. The number of hydrogen-bond donors (Lipinski definition) is 1. The number of likely N-dealkylation sites (N-methyl/N-ethyl adjacent to an activating group) is 1. The van der Waals surface area contributed by atoms with Crippen molar-refractivity contribution in [3.05, 3.63) is 64.2 Å². The van der Waals surface area contributed by atoms with Crippen LogP contribution in [0.25, 0.3) is 0 Å². The van der Waals surface area contributed by atoms with Gasteiger partial charge in [-0.3, -0.25) is 0 Å². The first-order valence-corrected chi connectivity index (χ1v) is 12.7. The third-order valence-corrected chi connectivity index (χ3v) is 7.76. The zero-order valence-corrected chi connectivity index (χ0v) is 20.9. The van der Waals surface area contributed by atoms with Gasteiger partial charge in [-0.15, -0.1) is 0 Å². The maximum absolute atomic E-state index is 13.3. The first kappa shape index (κ1) is 26.3. The van der Waals surface area contributed by atoms with Gasteiger partial charge in [-0.05, 0) is 43.7 Å². The van der Waals surface area contributed by atoms with Crippen molar-refractivity contribution in [3.8, 4) is 5.75 Å². The lowest BCUT2D eigenvalue weighted by atomic mass is 9.72. The van der Waals surface area contributed by atoms with E-state index in [0.717, 1.165) is 76.5 Å².